The number of hydrogen-bond donors (Lipinski definition) is 3. The first-order chi connectivity index (χ1) is 11.8. The summed E-state index contributed by atoms with van der Waals surface area (Å²) in [5, 5.41) is 15.4. The minimum absolute atomic E-state index is 0.302. The molecule has 0 aliphatic heterocycles. The van der Waals surface area contributed by atoms with E-state index in [1.165, 1.54) is 0 Å². The van der Waals surface area contributed by atoms with Crippen LogP contribution < -0.4 is 10.6 Å². The van der Waals surface area contributed by atoms with Crippen LogP contribution in [0.4, 0.5) is 11.4 Å². The van der Waals surface area contributed by atoms with Gasteiger partial charge in [0.15, 0.2) is 0 Å². The third-order valence-corrected chi connectivity index (χ3v) is 3.98. The van der Waals surface area contributed by atoms with Crippen molar-refractivity contribution in [1.29, 1.82) is 0 Å². The summed E-state index contributed by atoms with van der Waals surface area (Å²) in [6.07, 6.45) is -1.71. The molecule has 2 aromatic rings. The van der Waals surface area contributed by atoms with E-state index in [-0.39, 0.29) is 6.42 Å². The van der Waals surface area contributed by atoms with E-state index in [4.69, 9.17) is 0 Å². The number of nitrogens with one attached hydrogen (secondary N) is 2. The minimum Gasteiger partial charge on any atom is -0.383 e. The topological polar surface area (TPSA) is 78.4 Å². The van der Waals surface area contributed by atoms with Crippen LogP contribution in [0.5, 0.6) is 0 Å². The highest BCUT2D eigenvalue weighted by Crippen LogP contribution is 2.18. The SMILES string of the molecule is Cc1ccc(NC(=O)CC(O)C(=O)Nc2ccc(C)cc2C)c(C)c1. The van der Waals surface area contributed by atoms with Crippen molar-refractivity contribution in [3.8, 4) is 0 Å². The lowest BCUT2D eigenvalue weighted by molar-refractivity contribution is -0.128. The van der Waals surface area contributed by atoms with Crippen LogP contribution in [0.25, 0.3) is 0 Å². The second-order valence-electron chi connectivity index (χ2n) is 6.39. The Morgan fingerprint density at radius 2 is 1.36 bits per heavy atom. The van der Waals surface area contributed by atoms with E-state index in [9.17, 15) is 14.7 Å². The number of carbonyl (C=O) groups excluding carboxylic acids is 2. The van der Waals surface area contributed by atoms with Crippen LogP contribution in [-0.2, 0) is 9.59 Å². The van der Waals surface area contributed by atoms with Crippen LogP contribution >= 0.6 is 0 Å². The van der Waals surface area contributed by atoms with Crippen molar-refractivity contribution in [2.75, 3.05) is 10.6 Å². The predicted octanol–water partition coefficient (Wildman–Crippen LogP) is 3.25. The molecule has 25 heavy (non-hydrogen) atoms. The Hall–Kier alpha value is -2.66. The smallest absolute Gasteiger partial charge is 0.253 e. The van der Waals surface area contributed by atoms with E-state index in [1.807, 2.05) is 58.0 Å². The lowest BCUT2D eigenvalue weighted by Crippen LogP contribution is -2.32. The highest BCUT2D eigenvalue weighted by Gasteiger charge is 2.20. The predicted molar refractivity (Wildman–Crippen MR) is 99.7 cm³/mol. The molecule has 5 nitrogen and oxygen atoms in total. The van der Waals surface area contributed by atoms with Crippen LogP contribution in [0.3, 0.4) is 0 Å². The molecule has 0 heterocycles. The molecule has 2 amide bonds. The Morgan fingerprint density at radius 1 is 0.880 bits per heavy atom. The molecule has 3 N–H and O–H groups in total. The standard InChI is InChI=1S/C20H24N2O3/c1-12-5-7-16(14(3)9-12)21-19(24)11-18(23)20(25)22-17-8-6-13(2)10-15(17)4/h5-10,18,23H,11H2,1-4H3,(H,21,24)(H,22,25). The third-order valence-electron chi connectivity index (χ3n) is 3.98. The molecule has 0 fully saturated rings. The van der Waals surface area contributed by atoms with Gasteiger partial charge in [0.1, 0.15) is 6.10 Å². The maximum atomic E-state index is 12.1. The van der Waals surface area contributed by atoms with Crippen molar-refractivity contribution >= 4 is 23.2 Å². The monoisotopic (exact) mass is 340 g/mol. The molecule has 1 unspecified atom stereocenters. The van der Waals surface area contributed by atoms with Crippen LogP contribution in [-0.4, -0.2) is 23.0 Å². The number of hydrogen-bond acceptors (Lipinski definition) is 3. The van der Waals surface area contributed by atoms with Crippen molar-refractivity contribution in [1.82, 2.24) is 0 Å². The van der Waals surface area contributed by atoms with Gasteiger partial charge in [-0.15, -0.1) is 0 Å². The van der Waals surface area contributed by atoms with Crippen LogP contribution in [0.15, 0.2) is 36.4 Å². The molecule has 0 aromatic heterocycles. The van der Waals surface area contributed by atoms with Gasteiger partial charge >= 0.3 is 0 Å². The fourth-order valence-electron chi connectivity index (χ4n) is 2.59. The molecule has 132 valence electrons. The maximum Gasteiger partial charge on any atom is 0.253 e. The van der Waals surface area contributed by atoms with E-state index in [2.05, 4.69) is 10.6 Å². The first-order valence-electron chi connectivity index (χ1n) is 8.19. The lowest BCUT2D eigenvalue weighted by atomic mass is 10.1. The average molecular weight is 340 g/mol. The van der Waals surface area contributed by atoms with Crippen molar-refractivity contribution in [2.24, 2.45) is 0 Å². The zero-order valence-electron chi connectivity index (χ0n) is 15.0. The number of carbonyl (C=O) groups is 2. The Labute approximate surface area is 148 Å². The summed E-state index contributed by atoms with van der Waals surface area (Å²) in [7, 11) is 0. The normalized spacial score (nSPS) is 11.7. The summed E-state index contributed by atoms with van der Waals surface area (Å²) < 4.78 is 0. The Morgan fingerprint density at radius 3 is 1.84 bits per heavy atom. The summed E-state index contributed by atoms with van der Waals surface area (Å²) in [6.45, 7) is 7.71. The summed E-state index contributed by atoms with van der Waals surface area (Å²) in [6, 6.07) is 11.3. The van der Waals surface area contributed by atoms with Crippen molar-refractivity contribution < 1.29 is 14.7 Å². The number of rotatable bonds is 5. The zero-order valence-corrected chi connectivity index (χ0v) is 15.0. The third kappa shape index (κ3) is 5.16. The zero-order chi connectivity index (χ0) is 18.6. The van der Waals surface area contributed by atoms with E-state index in [1.54, 1.807) is 6.07 Å². The van der Waals surface area contributed by atoms with Gasteiger partial charge in [0, 0.05) is 11.4 Å². The summed E-state index contributed by atoms with van der Waals surface area (Å²) in [5.74, 6) is -1.00. The highest BCUT2D eigenvalue weighted by atomic mass is 16.3. The highest BCUT2D eigenvalue weighted by molar-refractivity contribution is 6.00. The van der Waals surface area contributed by atoms with Crippen LogP contribution in [0.1, 0.15) is 28.7 Å². The Balaban J connectivity index is 1.94. The second-order valence-corrected chi connectivity index (χ2v) is 6.39. The van der Waals surface area contributed by atoms with Gasteiger partial charge in [-0.25, -0.2) is 0 Å². The minimum atomic E-state index is -1.41. The van der Waals surface area contributed by atoms with Crippen LogP contribution in [0.2, 0.25) is 0 Å². The molecule has 2 rings (SSSR count). The van der Waals surface area contributed by atoms with Gasteiger partial charge in [0.2, 0.25) is 5.91 Å². The number of aryl methyl sites for hydroxylation is 4. The largest absolute Gasteiger partial charge is 0.383 e. The second kappa shape index (κ2) is 7.94. The molecule has 0 aliphatic carbocycles. The number of anilines is 2. The lowest BCUT2D eigenvalue weighted by Gasteiger charge is -2.14. The molecule has 5 heteroatoms. The molecule has 2 aromatic carbocycles. The number of aliphatic hydroxyl groups is 1. The number of aliphatic hydroxyl groups excluding tert-OH is 1. The Bertz CT molecular complexity index is 800. The first-order valence-corrected chi connectivity index (χ1v) is 8.19. The molecule has 0 aliphatic rings. The summed E-state index contributed by atoms with van der Waals surface area (Å²) in [5.41, 5.74) is 5.33. The van der Waals surface area contributed by atoms with Gasteiger partial charge in [-0.1, -0.05) is 35.4 Å². The summed E-state index contributed by atoms with van der Waals surface area (Å²) in [4.78, 5) is 24.2. The van der Waals surface area contributed by atoms with E-state index in [0.29, 0.717) is 11.4 Å². The molecular weight excluding hydrogens is 316 g/mol. The van der Waals surface area contributed by atoms with Gasteiger partial charge in [-0.3, -0.25) is 9.59 Å². The maximum absolute atomic E-state index is 12.1. The fraction of sp³-hybridized carbons (Fsp3) is 0.300. The average Bonchev–Trinajstić information content (AvgIpc) is 2.52. The van der Waals surface area contributed by atoms with Crippen molar-refractivity contribution in [3.63, 3.8) is 0 Å². The van der Waals surface area contributed by atoms with E-state index in [0.717, 1.165) is 22.3 Å². The molecule has 1 atom stereocenters. The molecular formula is C20H24N2O3. The van der Waals surface area contributed by atoms with Crippen molar-refractivity contribution in [2.45, 2.75) is 40.2 Å². The molecule has 0 radical (unpaired) electrons. The Kier molecular flexibility index (Phi) is 5.93. The van der Waals surface area contributed by atoms with Crippen LogP contribution in [0, 0.1) is 27.7 Å². The van der Waals surface area contributed by atoms with Crippen molar-refractivity contribution in [3.05, 3.63) is 58.7 Å². The molecule has 0 bridgehead atoms. The molecule has 0 saturated heterocycles. The van der Waals surface area contributed by atoms with Gasteiger partial charge < -0.3 is 15.7 Å². The fourth-order valence-corrected chi connectivity index (χ4v) is 2.59. The van der Waals surface area contributed by atoms with Gasteiger partial charge in [0.25, 0.3) is 5.91 Å². The number of benzene rings is 2. The first kappa shape index (κ1) is 18.7. The van der Waals surface area contributed by atoms with Gasteiger partial charge in [-0.05, 0) is 51.0 Å². The summed E-state index contributed by atoms with van der Waals surface area (Å²) >= 11 is 0. The molecule has 0 spiro atoms. The van der Waals surface area contributed by atoms with E-state index >= 15 is 0 Å². The molecule has 0 saturated carbocycles. The quantitative estimate of drug-likeness (QED) is 0.782. The van der Waals surface area contributed by atoms with E-state index < -0.39 is 17.9 Å². The van der Waals surface area contributed by atoms with Gasteiger partial charge in [-0.2, -0.15) is 0 Å². The van der Waals surface area contributed by atoms with Gasteiger partial charge in [0.05, 0.1) is 6.42 Å². The number of amides is 2.